The fourth-order valence-electron chi connectivity index (χ4n) is 1.75. The van der Waals surface area contributed by atoms with Gasteiger partial charge in [-0.3, -0.25) is 0 Å². The molecule has 0 saturated heterocycles. The summed E-state index contributed by atoms with van der Waals surface area (Å²) in [5.74, 6) is 0. The van der Waals surface area contributed by atoms with Crippen molar-refractivity contribution in [1.82, 2.24) is 0 Å². The van der Waals surface area contributed by atoms with E-state index < -0.39 is 6.85 Å². The summed E-state index contributed by atoms with van der Waals surface area (Å²) in [5.41, 5.74) is 3.68. The molecule has 0 unspecified atom stereocenters. The van der Waals surface area contributed by atoms with Crippen LogP contribution >= 0.6 is 0 Å². The number of benzene rings is 1. The molecule has 0 aliphatic heterocycles. The summed E-state index contributed by atoms with van der Waals surface area (Å²) in [6.45, 7) is -0.00494. The van der Waals surface area contributed by atoms with Gasteiger partial charge in [-0.2, -0.15) is 0 Å². The van der Waals surface area contributed by atoms with Gasteiger partial charge >= 0.3 is 0 Å². The van der Waals surface area contributed by atoms with E-state index in [9.17, 15) is 0 Å². The van der Waals surface area contributed by atoms with Gasteiger partial charge in [0.05, 0.1) is 0 Å². The molecule has 0 amide bonds. The number of hydrogen-bond donors (Lipinski definition) is 0. The topological polar surface area (TPSA) is 3.88 Å². The number of aromatic nitrogens is 1. The van der Waals surface area contributed by atoms with Crippen LogP contribution in [0.25, 0.3) is 11.3 Å². The van der Waals surface area contributed by atoms with Crippen LogP contribution in [0.15, 0.2) is 42.6 Å². The molecule has 1 nitrogen and oxygen atoms in total. The third-order valence-electron chi connectivity index (χ3n) is 2.55. The number of nitrogens with zero attached hydrogens (tertiary/aromatic N) is 1. The van der Waals surface area contributed by atoms with Crippen molar-refractivity contribution in [1.29, 1.82) is 0 Å². The first-order valence-corrected chi connectivity index (χ1v) is 4.96. The molecule has 15 heavy (non-hydrogen) atoms. The second kappa shape index (κ2) is 3.85. The molecule has 1 aromatic heterocycles. The normalized spacial score (nSPS) is 14.1. The average molecular weight is 201 g/mol. The molecular weight excluding hydrogens is 182 g/mol. The van der Waals surface area contributed by atoms with Gasteiger partial charge in [-0.15, -0.1) is 0 Å². The number of pyridine rings is 1. The van der Waals surface area contributed by atoms with Gasteiger partial charge in [0.25, 0.3) is 0 Å². The van der Waals surface area contributed by atoms with Gasteiger partial charge in [0.2, 0.25) is 5.69 Å². The van der Waals surface area contributed by atoms with Crippen molar-refractivity contribution in [3.05, 3.63) is 53.7 Å². The lowest BCUT2D eigenvalue weighted by atomic mass is 10.0. The van der Waals surface area contributed by atoms with E-state index in [0.717, 1.165) is 11.3 Å². The van der Waals surface area contributed by atoms with Crippen molar-refractivity contribution in [2.24, 2.45) is 7.05 Å². The first kappa shape index (κ1) is 6.78. The van der Waals surface area contributed by atoms with E-state index >= 15 is 0 Å². The molecule has 2 rings (SSSR count). The lowest BCUT2D eigenvalue weighted by Gasteiger charge is -2.03. The second-order valence-corrected chi connectivity index (χ2v) is 3.73. The molecule has 1 heteroatoms. The first-order valence-electron chi connectivity index (χ1n) is 6.46. The Morgan fingerprint density at radius 1 is 1.13 bits per heavy atom. The fraction of sp³-hybridized carbons (Fsp3) is 0.214. The van der Waals surface area contributed by atoms with E-state index in [1.165, 1.54) is 5.56 Å². The van der Waals surface area contributed by atoms with Crippen molar-refractivity contribution in [3.8, 4) is 11.3 Å². The monoisotopic (exact) mass is 201 g/mol. The minimum absolute atomic E-state index is 0.363. The van der Waals surface area contributed by atoms with E-state index in [2.05, 4.69) is 0 Å². The summed E-state index contributed by atoms with van der Waals surface area (Å²) in [5, 5.41) is 0. The Hall–Kier alpha value is -1.63. The zero-order valence-corrected chi connectivity index (χ0v) is 8.99. The standard InChI is InChI=1S/C14H16N/c1-11-8-9-14(15(3)10-11)13-7-5-4-6-12(13)2/h4-10H,1-3H3/q+1/i1D3. The van der Waals surface area contributed by atoms with E-state index in [1.54, 1.807) is 12.3 Å². The third kappa shape index (κ3) is 1.91. The minimum atomic E-state index is -2.05. The average Bonchev–Trinajstić information content (AvgIpc) is 2.29. The van der Waals surface area contributed by atoms with Gasteiger partial charge in [0, 0.05) is 21.3 Å². The largest absolute Gasteiger partial charge is 0.212 e. The summed E-state index contributed by atoms with van der Waals surface area (Å²) < 4.78 is 24.1. The van der Waals surface area contributed by atoms with Gasteiger partial charge in [0.15, 0.2) is 6.20 Å². The van der Waals surface area contributed by atoms with Crippen LogP contribution in [0, 0.1) is 13.8 Å². The van der Waals surface area contributed by atoms with Crippen molar-refractivity contribution in [2.75, 3.05) is 0 Å². The molecule has 0 atom stereocenters. The quantitative estimate of drug-likeness (QED) is 0.625. The van der Waals surface area contributed by atoms with Gasteiger partial charge in [0.1, 0.15) is 7.05 Å². The molecular formula is C14H16N+. The molecule has 0 bridgehead atoms. The van der Waals surface area contributed by atoms with E-state index in [1.807, 2.05) is 48.9 Å². The van der Waals surface area contributed by atoms with Crippen LogP contribution in [0.2, 0.25) is 0 Å². The molecule has 0 spiro atoms. The Labute approximate surface area is 95.2 Å². The smallest absolute Gasteiger partial charge is 0.201 e. The molecule has 0 saturated carbocycles. The summed E-state index contributed by atoms with van der Waals surface area (Å²) >= 11 is 0. The molecule has 1 aromatic carbocycles. The van der Waals surface area contributed by atoms with Gasteiger partial charge in [-0.1, -0.05) is 18.2 Å². The maximum atomic E-state index is 7.41. The molecule has 1 heterocycles. The van der Waals surface area contributed by atoms with Crippen LogP contribution in [0.4, 0.5) is 0 Å². The summed E-state index contributed by atoms with van der Waals surface area (Å²) in [6, 6.07) is 11.6. The highest BCUT2D eigenvalue weighted by atomic mass is 14.9. The predicted molar refractivity (Wildman–Crippen MR) is 62.5 cm³/mol. The minimum Gasteiger partial charge on any atom is -0.201 e. The zero-order valence-electron chi connectivity index (χ0n) is 12.0. The Morgan fingerprint density at radius 2 is 1.93 bits per heavy atom. The fourth-order valence-corrected chi connectivity index (χ4v) is 1.75. The maximum Gasteiger partial charge on any atom is 0.212 e. The number of aryl methyl sites for hydroxylation is 3. The van der Waals surface area contributed by atoms with E-state index in [-0.39, 0.29) is 0 Å². The van der Waals surface area contributed by atoms with Crippen LogP contribution in [0.5, 0.6) is 0 Å². The van der Waals surface area contributed by atoms with Crippen LogP contribution < -0.4 is 4.57 Å². The van der Waals surface area contributed by atoms with Crippen molar-refractivity contribution >= 4 is 0 Å². The van der Waals surface area contributed by atoms with Crippen molar-refractivity contribution < 1.29 is 8.68 Å². The maximum absolute atomic E-state index is 7.41. The highest BCUT2D eigenvalue weighted by Crippen LogP contribution is 2.19. The molecule has 0 N–H and O–H groups in total. The highest BCUT2D eigenvalue weighted by molar-refractivity contribution is 5.60. The number of rotatable bonds is 1. The Bertz CT molecular complexity index is 573. The predicted octanol–water partition coefficient (Wildman–Crippen LogP) is 2.79. The summed E-state index contributed by atoms with van der Waals surface area (Å²) in [4.78, 5) is 0. The van der Waals surface area contributed by atoms with Gasteiger partial charge < -0.3 is 0 Å². The summed E-state index contributed by atoms with van der Waals surface area (Å²) in [6.07, 6.45) is 1.68. The lowest BCUT2D eigenvalue weighted by Crippen LogP contribution is -2.30. The van der Waals surface area contributed by atoms with Crippen molar-refractivity contribution in [3.63, 3.8) is 0 Å². The van der Waals surface area contributed by atoms with Crippen LogP contribution in [0.3, 0.4) is 0 Å². The Balaban J connectivity index is 2.52. The van der Waals surface area contributed by atoms with Gasteiger partial charge in [-0.05, 0) is 31.5 Å². The molecule has 76 valence electrons. The van der Waals surface area contributed by atoms with E-state index in [0.29, 0.717) is 5.56 Å². The Kier molecular flexibility index (Phi) is 1.74. The van der Waals surface area contributed by atoms with E-state index in [4.69, 9.17) is 4.11 Å². The first-order chi connectivity index (χ1) is 8.39. The summed E-state index contributed by atoms with van der Waals surface area (Å²) in [7, 11) is 1.87. The SMILES string of the molecule is [2H]C([2H])([2H])c1ccc(-c2ccccc2C)[n+](C)c1. The lowest BCUT2D eigenvalue weighted by molar-refractivity contribution is -0.660. The molecule has 0 aliphatic carbocycles. The van der Waals surface area contributed by atoms with Crippen LogP contribution in [-0.4, -0.2) is 0 Å². The van der Waals surface area contributed by atoms with Gasteiger partial charge in [-0.25, -0.2) is 4.57 Å². The third-order valence-corrected chi connectivity index (χ3v) is 2.55. The molecule has 0 fully saturated rings. The Morgan fingerprint density at radius 3 is 2.60 bits per heavy atom. The molecule has 2 aromatic rings. The zero-order chi connectivity index (χ0) is 13.3. The number of hydrogen-bond acceptors (Lipinski definition) is 0. The second-order valence-electron chi connectivity index (χ2n) is 3.73. The van der Waals surface area contributed by atoms with Crippen LogP contribution in [0.1, 0.15) is 15.2 Å². The molecule has 0 aliphatic rings. The van der Waals surface area contributed by atoms with Crippen molar-refractivity contribution in [2.45, 2.75) is 13.8 Å². The molecule has 0 radical (unpaired) electrons. The highest BCUT2D eigenvalue weighted by Gasteiger charge is 2.10. The van der Waals surface area contributed by atoms with Crippen LogP contribution in [-0.2, 0) is 7.05 Å².